The van der Waals surface area contributed by atoms with E-state index < -0.39 is 0 Å². The van der Waals surface area contributed by atoms with Crippen molar-refractivity contribution in [3.63, 3.8) is 0 Å². The van der Waals surface area contributed by atoms with Gasteiger partial charge in [0.15, 0.2) is 12.3 Å². The van der Waals surface area contributed by atoms with Crippen molar-refractivity contribution in [2.45, 2.75) is 12.6 Å². The number of amides is 1. The molecule has 8 nitrogen and oxygen atoms in total. The second kappa shape index (κ2) is 8.50. The van der Waals surface area contributed by atoms with E-state index in [1.54, 1.807) is 12.0 Å². The van der Waals surface area contributed by atoms with Crippen LogP contribution in [0.2, 0.25) is 0 Å². The molecule has 29 heavy (non-hydrogen) atoms. The number of nitrogens with zero attached hydrogens (tertiary/aromatic N) is 2. The zero-order valence-corrected chi connectivity index (χ0v) is 16.0. The molecule has 2 heterocycles. The van der Waals surface area contributed by atoms with E-state index >= 15 is 0 Å². The maximum atomic E-state index is 12.6. The van der Waals surface area contributed by atoms with Crippen LogP contribution in [0.4, 0.5) is 0 Å². The summed E-state index contributed by atoms with van der Waals surface area (Å²) in [7, 11) is 1.63. The van der Waals surface area contributed by atoms with Gasteiger partial charge in [-0.25, -0.2) is 4.98 Å². The summed E-state index contributed by atoms with van der Waals surface area (Å²) in [4.78, 5) is 18.4. The molecule has 0 radical (unpaired) electrons. The van der Waals surface area contributed by atoms with E-state index in [9.17, 15) is 9.90 Å². The molecule has 0 unspecified atom stereocenters. The summed E-state index contributed by atoms with van der Waals surface area (Å²) in [5, 5.41) is 11.5. The minimum Gasteiger partial charge on any atom is -0.497 e. The number of fused-ring (bicyclic) bond motifs is 1. The number of morpholine rings is 1. The molecule has 8 heteroatoms. The molecule has 152 valence electrons. The zero-order valence-electron chi connectivity index (χ0n) is 16.0. The number of aliphatic hydroxyl groups is 1. The highest BCUT2D eigenvalue weighted by Crippen LogP contribution is 2.25. The van der Waals surface area contributed by atoms with Crippen molar-refractivity contribution in [3.05, 3.63) is 54.2 Å². The molecule has 1 fully saturated rings. The number of methoxy groups -OCH3 is 1. The smallest absolute Gasteiger partial charge is 0.276 e. The zero-order chi connectivity index (χ0) is 20.2. The Kier molecular flexibility index (Phi) is 5.64. The number of aromatic nitrogens is 1. The van der Waals surface area contributed by atoms with E-state index in [4.69, 9.17) is 18.6 Å². The summed E-state index contributed by atoms with van der Waals surface area (Å²) in [6.45, 7) is 1.08. The number of hydrogen-bond acceptors (Lipinski definition) is 7. The van der Waals surface area contributed by atoms with E-state index in [1.807, 2.05) is 36.4 Å². The molecule has 1 aromatic heterocycles. The minimum absolute atomic E-state index is 0.0926. The topological polar surface area (TPSA) is 94.3 Å². The summed E-state index contributed by atoms with van der Waals surface area (Å²) in [5.41, 5.74) is 0.187. The van der Waals surface area contributed by atoms with Gasteiger partial charge in [-0.05, 0) is 35.0 Å². The third-order valence-electron chi connectivity index (χ3n) is 4.85. The molecule has 0 aliphatic carbocycles. The van der Waals surface area contributed by atoms with Crippen molar-refractivity contribution < 1.29 is 28.5 Å². The summed E-state index contributed by atoms with van der Waals surface area (Å²) in [6, 6.07) is 11.2. The van der Waals surface area contributed by atoms with Crippen LogP contribution in [-0.2, 0) is 11.3 Å². The minimum atomic E-state index is -0.373. The second-order valence-electron chi connectivity index (χ2n) is 6.70. The number of rotatable bonds is 6. The fraction of sp³-hybridized carbons (Fsp3) is 0.333. The van der Waals surface area contributed by atoms with E-state index in [2.05, 4.69) is 4.98 Å². The van der Waals surface area contributed by atoms with Crippen LogP contribution in [0, 0.1) is 0 Å². The molecule has 1 amide bonds. The van der Waals surface area contributed by atoms with Gasteiger partial charge in [0, 0.05) is 6.54 Å². The van der Waals surface area contributed by atoms with Crippen molar-refractivity contribution in [2.75, 3.05) is 33.5 Å². The molecular weight excluding hydrogens is 376 g/mol. The maximum absolute atomic E-state index is 12.6. The highest BCUT2D eigenvalue weighted by molar-refractivity contribution is 5.92. The Morgan fingerprint density at radius 1 is 1.24 bits per heavy atom. The summed E-state index contributed by atoms with van der Waals surface area (Å²) < 4.78 is 21.7. The Balaban J connectivity index is 1.42. The Morgan fingerprint density at radius 3 is 2.83 bits per heavy atom. The van der Waals surface area contributed by atoms with Crippen molar-refractivity contribution in [2.24, 2.45) is 0 Å². The molecule has 0 bridgehead atoms. The van der Waals surface area contributed by atoms with Gasteiger partial charge >= 0.3 is 0 Å². The predicted molar refractivity (Wildman–Crippen MR) is 104 cm³/mol. The lowest BCUT2D eigenvalue weighted by Gasteiger charge is -2.33. The average Bonchev–Trinajstić information content (AvgIpc) is 3.25. The number of ether oxygens (including phenoxy) is 3. The Morgan fingerprint density at radius 2 is 2.03 bits per heavy atom. The van der Waals surface area contributed by atoms with Gasteiger partial charge in [-0.3, -0.25) is 4.79 Å². The van der Waals surface area contributed by atoms with Gasteiger partial charge in [0.2, 0.25) is 5.89 Å². The first-order valence-corrected chi connectivity index (χ1v) is 9.32. The Bertz CT molecular complexity index is 1000. The van der Waals surface area contributed by atoms with Crippen molar-refractivity contribution in [1.82, 2.24) is 9.88 Å². The van der Waals surface area contributed by atoms with Crippen LogP contribution in [0.5, 0.6) is 11.5 Å². The fourth-order valence-electron chi connectivity index (χ4n) is 3.26. The predicted octanol–water partition coefficient (Wildman–Crippen LogP) is 2.25. The van der Waals surface area contributed by atoms with Crippen LogP contribution in [-0.4, -0.2) is 60.4 Å². The van der Waals surface area contributed by atoms with Crippen LogP contribution in [0.1, 0.15) is 16.4 Å². The molecule has 1 atom stereocenters. The van der Waals surface area contributed by atoms with Crippen molar-refractivity contribution >= 4 is 16.7 Å². The van der Waals surface area contributed by atoms with Crippen LogP contribution < -0.4 is 9.47 Å². The third kappa shape index (κ3) is 4.18. The van der Waals surface area contributed by atoms with Gasteiger partial charge in [0.05, 0.1) is 33.0 Å². The molecule has 2 aromatic carbocycles. The Labute approximate surface area is 167 Å². The maximum Gasteiger partial charge on any atom is 0.276 e. The SMILES string of the molecule is COc1ccc2ccc(OCc3nc(C(=O)N4CCOC[C@H]4CO)co3)cc2c1. The summed E-state index contributed by atoms with van der Waals surface area (Å²) >= 11 is 0. The number of benzene rings is 2. The number of hydrogen-bond donors (Lipinski definition) is 1. The molecule has 4 rings (SSSR count). The highest BCUT2D eigenvalue weighted by atomic mass is 16.5. The fourth-order valence-corrected chi connectivity index (χ4v) is 3.26. The van der Waals surface area contributed by atoms with Gasteiger partial charge in [-0.15, -0.1) is 0 Å². The van der Waals surface area contributed by atoms with Gasteiger partial charge in [0.25, 0.3) is 5.91 Å². The first kappa shape index (κ1) is 19.2. The quantitative estimate of drug-likeness (QED) is 0.681. The number of oxazole rings is 1. The van der Waals surface area contributed by atoms with E-state index in [0.29, 0.717) is 31.4 Å². The average molecular weight is 398 g/mol. The number of carbonyl (C=O) groups excluding carboxylic acids is 1. The van der Waals surface area contributed by atoms with Crippen molar-refractivity contribution in [3.8, 4) is 11.5 Å². The van der Waals surface area contributed by atoms with Gasteiger partial charge in [-0.1, -0.05) is 12.1 Å². The van der Waals surface area contributed by atoms with Gasteiger partial charge in [-0.2, -0.15) is 0 Å². The summed E-state index contributed by atoms with van der Waals surface area (Å²) in [5.74, 6) is 1.44. The molecule has 1 saturated heterocycles. The third-order valence-corrected chi connectivity index (χ3v) is 4.85. The van der Waals surface area contributed by atoms with Crippen LogP contribution in [0.25, 0.3) is 10.8 Å². The number of carbonyl (C=O) groups is 1. The van der Waals surface area contributed by atoms with Crippen LogP contribution >= 0.6 is 0 Å². The molecule has 1 aliphatic rings. The lowest BCUT2D eigenvalue weighted by atomic mass is 10.1. The summed E-state index contributed by atoms with van der Waals surface area (Å²) in [6.07, 6.45) is 1.32. The monoisotopic (exact) mass is 398 g/mol. The van der Waals surface area contributed by atoms with E-state index in [1.165, 1.54) is 6.26 Å². The largest absolute Gasteiger partial charge is 0.497 e. The van der Waals surface area contributed by atoms with E-state index in [0.717, 1.165) is 16.5 Å². The lowest BCUT2D eigenvalue weighted by Crippen LogP contribution is -2.50. The number of aliphatic hydroxyl groups excluding tert-OH is 1. The molecular formula is C21H22N2O6. The molecule has 3 aromatic rings. The molecule has 0 saturated carbocycles. The van der Waals surface area contributed by atoms with Crippen LogP contribution in [0.15, 0.2) is 47.1 Å². The second-order valence-corrected chi connectivity index (χ2v) is 6.70. The highest BCUT2D eigenvalue weighted by Gasteiger charge is 2.29. The first-order valence-electron chi connectivity index (χ1n) is 9.32. The van der Waals surface area contributed by atoms with Crippen molar-refractivity contribution in [1.29, 1.82) is 0 Å². The molecule has 1 aliphatic heterocycles. The standard InChI is InChI=1S/C21H22N2O6/c1-26-17-4-2-14-3-5-18(9-15(14)8-17)28-13-20-22-19(12-29-20)21(25)23-6-7-27-11-16(23)10-24/h2-5,8-9,12,16,24H,6-7,10-11,13H2,1H3/t16-/m1/s1. The van der Waals surface area contributed by atoms with Gasteiger partial charge < -0.3 is 28.6 Å². The van der Waals surface area contributed by atoms with Crippen LogP contribution in [0.3, 0.4) is 0 Å². The lowest BCUT2D eigenvalue weighted by molar-refractivity contribution is -0.0186. The van der Waals surface area contributed by atoms with E-state index in [-0.39, 0.29) is 30.9 Å². The molecule has 0 spiro atoms. The molecule has 1 N–H and O–H groups in total. The van der Waals surface area contributed by atoms with Gasteiger partial charge in [0.1, 0.15) is 17.8 Å². The first-order chi connectivity index (χ1) is 14.2. The normalized spacial score (nSPS) is 16.8. The Hall–Kier alpha value is -3.10.